The summed E-state index contributed by atoms with van der Waals surface area (Å²) in [5.41, 5.74) is 0. The lowest BCUT2D eigenvalue weighted by Gasteiger charge is -2.33. The number of aliphatic hydroxyl groups is 1. The third-order valence-corrected chi connectivity index (χ3v) is 2.52. The van der Waals surface area contributed by atoms with Crippen LogP contribution in [0.25, 0.3) is 0 Å². The van der Waals surface area contributed by atoms with Crippen LogP contribution in [0, 0.1) is 0 Å². The third kappa shape index (κ3) is 6.76. The van der Waals surface area contributed by atoms with Crippen molar-refractivity contribution in [1.29, 1.82) is 0 Å². The van der Waals surface area contributed by atoms with Crippen molar-refractivity contribution in [1.82, 2.24) is 0 Å². The maximum absolute atomic E-state index is 11.3. The molecule has 4 atom stereocenters. The van der Waals surface area contributed by atoms with Crippen LogP contribution < -0.4 is 0 Å². The topological polar surface area (TPSA) is 74.2 Å². The van der Waals surface area contributed by atoms with Crippen LogP contribution in [-0.4, -0.2) is 68.8 Å². The Kier molecular flexibility index (Phi) is 8.04. The van der Waals surface area contributed by atoms with E-state index in [-0.39, 0.29) is 60.6 Å². The number of carbonyl (C=O) groups excluding carboxylic acids is 1. The van der Waals surface area contributed by atoms with Gasteiger partial charge in [0.05, 0.1) is 6.61 Å². The zero-order chi connectivity index (χ0) is 18.2. The second-order valence-corrected chi connectivity index (χ2v) is 3.78. The van der Waals surface area contributed by atoms with Gasteiger partial charge in [-0.3, -0.25) is 0 Å². The summed E-state index contributed by atoms with van der Waals surface area (Å²) in [5, 5.41) is 10.3. The predicted octanol–water partition coefficient (Wildman–Crippen LogP) is 0.798. The van der Waals surface area contributed by atoms with Crippen LogP contribution in [0.15, 0.2) is 0 Å². The Hall–Kier alpha value is -0.530. The Morgan fingerprint density at radius 3 is 2.20 bits per heavy atom. The molecule has 0 heterocycles. The molecule has 0 aliphatic carbocycles. The molecule has 20 heavy (non-hydrogen) atoms. The number of rotatable bonds is 13. The van der Waals surface area contributed by atoms with E-state index in [1.54, 1.807) is 0 Å². The molecule has 0 unspecified atom stereocenters. The van der Waals surface area contributed by atoms with E-state index in [0.717, 1.165) is 0 Å². The molecule has 0 aromatic rings. The van der Waals surface area contributed by atoms with Crippen molar-refractivity contribution in [2.24, 2.45) is 0 Å². The van der Waals surface area contributed by atoms with Crippen molar-refractivity contribution in [3.05, 3.63) is 0 Å². The van der Waals surface area contributed by atoms with Crippen LogP contribution in [0.4, 0.5) is 0 Å². The lowest BCUT2D eigenvalue weighted by atomic mass is 10.0. The van der Waals surface area contributed by atoms with Crippen molar-refractivity contribution >= 4 is 6.29 Å². The molecule has 0 amide bonds. The molecule has 0 spiro atoms. The standard InChI is InChI=1S/C14H28O6/c1-5-17-10-11(16)13(19-7-3)14(20-8-4)12(9-15)18-6-2/h9,11-14,16H,5-8,10H2,1-4H3/t11-,12+,13-,14-/m1/s1/i1D,2D,3D,4D. The molecule has 6 heteroatoms. The summed E-state index contributed by atoms with van der Waals surface area (Å²) < 4.78 is 49.9. The molecule has 120 valence electrons. The Balaban J connectivity index is 5.08. The molecular weight excluding hydrogens is 264 g/mol. The van der Waals surface area contributed by atoms with Crippen LogP contribution in [0.3, 0.4) is 0 Å². The maximum Gasteiger partial charge on any atom is 0.151 e. The van der Waals surface area contributed by atoms with Gasteiger partial charge in [0, 0.05) is 31.9 Å². The van der Waals surface area contributed by atoms with Gasteiger partial charge in [-0.2, -0.15) is 0 Å². The molecule has 1 N–H and O–H groups in total. The highest BCUT2D eigenvalue weighted by Crippen LogP contribution is 2.15. The molecule has 0 saturated carbocycles. The van der Waals surface area contributed by atoms with E-state index in [1.165, 1.54) is 0 Å². The van der Waals surface area contributed by atoms with Crippen molar-refractivity contribution < 1.29 is 34.3 Å². The lowest BCUT2D eigenvalue weighted by Crippen LogP contribution is -2.50. The summed E-state index contributed by atoms with van der Waals surface area (Å²) in [6.45, 7) is -0.000188. The van der Waals surface area contributed by atoms with Gasteiger partial charge in [0.25, 0.3) is 0 Å². The van der Waals surface area contributed by atoms with E-state index in [0.29, 0.717) is 6.29 Å². The highest BCUT2D eigenvalue weighted by Gasteiger charge is 2.36. The Morgan fingerprint density at radius 2 is 1.60 bits per heavy atom. The van der Waals surface area contributed by atoms with Crippen molar-refractivity contribution in [3.8, 4) is 0 Å². The Morgan fingerprint density at radius 1 is 1.00 bits per heavy atom. The van der Waals surface area contributed by atoms with Crippen molar-refractivity contribution in [2.45, 2.75) is 52.0 Å². The Bertz CT molecular complexity index is 300. The van der Waals surface area contributed by atoms with E-state index < -0.39 is 24.4 Å². The van der Waals surface area contributed by atoms with Gasteiger partial charge in [-0.1, -0.05) is 0 Å². The third-order valence-electron chi connectivity index (χ3n) is 2.52. The van der Waals surface area contributed by atoms with E-state index in [9.17, 15) is 9.90 Å². The van der Waals surface area contributed by atoms with Crippen LogP contribution in [0.1, 0.15) is 33.1 Å². The highest BCUT2D eigenvalue weighted by atomic mass is 16.6. The van der Waals surface area contributed by atoms with Crippen LogP contribution in [0.5, 0.6) is 0 Å². The molecule has 0 fully saturated rings. The van der Waals surface area contributed by atoms with Crippen LogP contribution in [0.2, 0.25) is 0 Å². The first-order valence-electron chi connectivity index (χ1n) is 9.21. The molecule has 0 radical (unpaired) electrons. The summed E-state index contributed by atoms with van der Waals surface area (Å²) in [7, 11) is 0. The molecule has 0 bridgehead atoms. The molecule has 0 rings (SSSR count). The van der Waals surface area contributed by atoms with E-state index in [4.69, 9.17) is 24.4 Å². The summed E-state index contributed by atoms with van der Waals surface area (Å²) in [6.07, 6.45) is -3.68. The van der Waals surface area contributed by atoms with Gasteiger partial charge < -0.3 is 28.8 Å². The molecule has 0 aliphatic heterocycles. The maximum atomic E-state index is 11.3. The van der Waals surface area contributed by atoms with Gasteiger partial charge in [0.2, 0.25) is 0 Å². The summed E-state index contributed by atoms with van der Waals surface area (Å²) in [4.78, 5) is 11.3. The first kappa shape index (κ1) is 13.2. The van der Waals surface area contributed by atoms with Gasteiger partial charge in [0.1, 0.15) is 24.4 Å². The van der Waals surface area contributed by atoms with Crippen LogP contribution in [-0.2, 0) is 23.7 Å². The minimum absolute atomic E-state index is 0.0142. The molecule has 6 nitrogen and oxygen atoms in total. The van der Waals surface area contributed by atoms with Gasteiger partial charge in [-0.05, 0) is 27.6 Å². The Labute approximate surface area is 127 Å². The molecule has 0 saturated heterocycles. The van der Waals surface area contributed by atoms with Gasteiger partial charge in [-0.15, -0.1) is 0 Å². The largest absolute Gasteiger partial charge is 0.388 e. The highest BCUT2D eigenvalue weighted by molar-refractivity contribution is 5.57. The fourth-order valence-corrected chi connectivity index (χ4v) is 1.72. The SMILES string of the molecule is [2H]CCOC[C@@H](O)[C@@H](OCC[2H])[C@H](OCC[2H])[C@H](C=O)OCC[2H]. The monoisotopic (exact) mass is 296 g/mol. The van der Waals surface area contributed by atoms with E-state index >= 15 is 0 Å². The summed E-state index contributed by atoms with van der Waals surface area (Å²) >= 11 is 0. The zero-order valence-electron chi connectivity index (χ0n) is 15.7. The number of aliphatic hydroxyl groups excluding tert-OH is 1. The van der Waals surface area contributed by atoms with Gasteiger partial charge >= 0.3 is 0 Å². The number of hydrogen-bond donors (Lipinski definition) is 1. The number of aldehydes is 1. The van der Waals surface area contributed by atoms with E-state index in [1.807, 2.05) is 0 Å². The molecule has 0 aromatic heterocycles. The normalized spacial score (nSPS) is 20.1. The van der Waals surface area contributed by atoms with Crippen LogP contribution >= 0.6 is 0 Å². The fourth-order valence-electron chi connectivity index (χ4n) is 1.72. The second-order valence-electron chi connectivity index (χ2n) is 3.78. The minimum Gasteiger partial charge on any atom is -0.388 e. The van der Waals surface area contributed by atoms with Crippen molar-refractivity contribution in [3.63, 3.8) is 0 Å². The number of carbonyl (C=O) groups is 1. The minimum atomic E-state index is -1.15. The van der Waals surface area contributed by atoms with E-state index in [2.05, 4.69) is 0 Å². The molecule has 0 aliphatic rings. The second kappa shape index (κ2) is 12.2. The summed E-state index contributed by atoms with van der Waals surface area (Å²) in [6, 6.07) is 0. The summed E-state index contributed by atoms with van der Waals surface area (Å²) in [5.74, 6) is 0. The average molecular weight is 296 g/mol. The average Bonchev–Trinajstić information content (AvgIpc) is 2.59. The first-order chi connectivity index (χ1) is 11.7. The van der Waals surface area contributed by atoms with Gasteiger partial charge in [-0.25, -0.2) is 0 Å². The van der Waals surface area contributed by atoms with Crippen molar-refractivity contribution in [2.75, 3.05) is 33.0 Å². The quantitative estimate of drug-likeness (QED) is 0.400. The number of hydrogen-bond acceptors (Lipinski definition) is 6. The zero-order valence-corrected chi connectivity index (χ0v) is 11.7. The molecular formula is C14H28O6. The first-order valence-corrected chi connectivity index (χ1v) is 6.39. The lowest BCUT2D eigenvalue weighted by molar-refractivity contribution is -0.173. The number of ether oxygens (including phenoxy) is 4. The fraction of sp³-hybridized carbons (Fsp3) is 0.929. The van der Waals surface area contributed by atoms with Gasteiger partial charge in [0.15, 0.2) is 6.29 Å². The smallest absolute Gasteiger partial charge is 0.151 e. The predicted molar refractivity (Wildman–Crippen MR) is 74.8 cm³/mol. The molecule has 0 aromatic carbocycles.